The molecule has 1 aliphatic rings. The maximum Gasteiger partial charge on any atom is 0.332 e. The predicted octanol–water partition coefficient (Wildman–Crippen LogP) is 1.21. The van der Waals surface area contributed by atoms with Crippen LogP contribution in [0.1, 0.15) is 18.4 Å². The average Bonchev–Trinajstić information content (AvgIpc) is 2.89. The Kier molecular flexibility index (Phi) is 4.29. The molecule has 0 aromatic heterocycles. The Morgan fingerprint density at radius 2 is 1.95 bits per heavy atom. The van der Waals surface area contributed by atoms with Crippen LogP contribution in [0.4, 0.5) is 8.78 Å². The SMILES string of the molecule is O=C(O)C1CCC(C(=O)NCc2ccc(F)c(F)c2)O1. The number of carbonyl (C=O) groups excluding carboxylic acids is 1. The van der Waals surface area contributed by atoms with Gasteiger partial charge in [0.05, 0.1) is 0 Å². The van der Waals surface area contributed by atoms with Crippen molar-refractivity contribution in [1.82, 2.24) is 5.32 Å². The largest absolute Gasteiger partial charge is 0.479 e. The van der Waals surface area contributed by atoms with Crippen molar-refractivity contribution < 1.29 is 28.2 Å². The smallest absolute Gasteiger partial charge is 0.332 e. The summed E-state index contributed by atoms with van der Waals surface area (Å²) in [6.07, 6.45) is -1.19. The van der Waals surface area contributed by atoms with E-state index in [4.69, 9.17) is 9.84 Å². The van der Waals surface area contributed by atoms with E-state index in [1.165, 1.54) is 6.07 Å². The first-order chi connectivity index (χ1) is 9.47. The highest BCUT2D eigenvalue weighted by molar-refractivity contribution is 5.82. The highest BCUT2D eigenvalue weighted by Crippen LogP contribution is 2.20. The Balaban J connectivity index is 1.86. The van der Waals surface area contributed by atoms with Gasteiger partial charge in [-0.2, -0.15) is 0 Å². The number of carboxylic acid groups (broad SMARTS) is 1. The van der Waals surface area contributed by atoms with E-state index in [1.54, 1.807) is 0 Å². The molecule has 7 heteroatoms. The number of hydrogen-bond donors (Lipinski definition) is 2. The number of carboxylic acids is 1. The maximum atomic E-state index is 13.0. The third-order valence-corrected chi connectivity index (χ3v) is 3.04. The minimum atomic E-state index is -1.10. The molecule has 5 nitrogen and oxygen atoms in total. The van der Waals surface area contributed by atoms with Gasteiger partial charge < -0.3 is 15.2 Å². The van der Waals surface area contributed by atoms with Crippen LogP contribution >= 0.6 is 0 Å². The lowest BCUT2D eigenvalue weighted by atomic mass is 10.1. The summed E-state index contributed by atoms with van der Waals surface area (Å²) in [5.41, 5.74) is 0.407. The normalized spacial score (nSPS) is 21.7. The van der Waals surface area contributed by atoms with Crippen molar-refractivity contribution in [2.75, 3.05) is 0 Å². The predicted molar refractivity (Wildman–Crippen MR) is 63.7 cm³/mol. The molecule has 0 aliphatic carbocycles. The lowest BCUT2D eigenvalue weighted by Crippen LogP contribution is -2.35. The Morgan fingerprint density at radius 1 is 1.25 bits per heavy atom. The van der Waals surface area contributed by atoms with Gasteiger partial charge >= 0.3 is 5.97 Å². The third-order valence-electron chi connectivity index (χ3n) is 3.04. The van der Waals surface area contributed by atoms with E-state index in [1.807, 2.05) is 0 Å². The van der Waals surface area contributed by atoms with Crippen LogP contribution < -0.4 is 5.32 Å². The summed E-state index contributed by atoms with van der Waals surface area (Å²) in [6.45, 7) is 0.0215. The molecule has 1 aromatic rings. The molecule has 1 saturated heterocycles. The standard InChI is InChI=1S/C13H13F2NO4/c14-8-2-1-7(5-9(8)15)6-16-12(17)10-3-4-11(20-10)13(18)19/h1-2,5,10-11H,3-4,6H2,(H,16,17)(H,18,19). The molecular formula is C13H13F2NO4. The molecule has 20 heavy (non-hydrogen) atoms. The summed E-state index contributed by atoms with van der Waals surface area (Å²) in [5, 5.41) is 11.2. The van der Waals surface area contributed by atoms with Gasteiger partial charge in [0, 0.05) is 6.54 Å². The van der Waals surface area contributed by atoms with Gasteiger partial charge in [0.15, 0.2) is 17.7 Å². The minimum Gasteiger partial charge on any atom is -0.479 e. The highest BCUT2D eigenvalue weighted by Gasteiger charge is 2.34. The molecule has 2 atom stereocenters. The minimum absolute atomic E-state index is 0.0215. The summed E-state index contributed by atoms with van der Waals surface area (Å²) >= 11 is 0. The molecule has 2 N–H and O–H groups in total. The second-order valence-electron chi connectivity index (χ2n) is 4.50. The third kappa shape index (κ3) is 3.30. The van der Waals surface area contributed by atoms with Gasteiger partial charge in [-0.3, -0.25) is 4.79 Å². The fraction of sp³-hybridized carbons (Fsp3) is 0.385. The van der Waals surface area contributed by atoms with Crippen molar-refractivity contribution in [3.8, 4) is 0 Å². The number of hydrogen-bond acceptors (Lipinski definition) is 3. The number of amides is 1. The number of benzene rings is 1. The lowest BCUT2D eigenvalue weighted by Gasteiger charge is -2.12. The van der Waals surface area contributed by atoms with E-state index in [9.17, 15) is 18.4 Å². The zero-order chi connectivity index (χ0) is 14.7. The number of carbonyl (C=O) groups is 2. The van der Waals surface area contributed by atoms with Crippen molar-refractivity contribution in [2.24, 2.45) is 0 Å². The molecule has 1 fully saturated rings. The molecule has 0 bridgehead atoms. The van der Waals surface area contributed by atoms with E-state index >= 15 is 0 Å². The number of ether oxygens (including phenoxy) is 1. The van der Waals surface area contributed by atoms with Gasteiger partial charge in [0.1, 0.15) is 6.10 Å². The van der Waals surface area contributed by atoms with Crippen LogP contribution in [-0.4, -0.2) is 29.2 Å². The fourth-order valence-electron chi connectivity index (χ4n) is 1.96. The van der Waals surface area contributed by atoms with E-state index < -0.39 is 35.7 Å². The average molecular weight is 285 g/mol. The number of halogens is 2. The molecule has 0 saturated carbocycles. The second kappa shape index (κ2) is 5.96. The summed E-state index contributed by atoms with van der Waals surface area (Å²) in [5.74, 6) is -3.50. The van der Waals surface area contributed by atoms with Crippen LogP contribution in [0.3, 0.4) is 0 Å². The molecule has 2 unspecified atom stereocenters. The zero-order valence-corrected chi connectivity index (χ0v) is 10.4. The molecule has 0 spiro atoms. The maximum absolute atomic E-state index is 13.0. The van der Waals surface area contributed by atoms with Gasteiger partial charge in [-0.1, -0.05) is 6.07 Å². The monoisotopic (exact) mass is 285 g/mol. The number of aliphatic carboxylic acids is 1. The van der Waals surface area contributed by atoms with Crippen LogP contribution in [-0.2, 0) is 20.9 Å². The molecule has 108 valence electrons. The molecule has 1 heterocycles. The molecule has 0 radical (unpaired) electrons. The number of rotatable bonds is 4. The first-order valence-corrected chi connectivity index (χ1v) is 6.07. The molecule has 1 amide bonds. The van der Waals surface area contributed by atoms with Crippen molar-refractivity contribution in [1.29, 1.82) is 0 Å². The van der Waals surface area contributed by atoms with E-state index in [0.29, 0.717) is 12.0 Å². The Hall–Kier alpha value is -2.02. The van der Waals surface area contributed by atoms with Crippen LogP contribution in [0.25, 0.3) is 0 Å². The van der Waals surface area contributed by atoms with Crippen LogP contribution in [0.5, 0.6) is 0 Å². The van der Waals surface area contributed by atoms with Crippen LogP contribution in [0.15, 0.2) is 18.2 Å². The zero-order valence-electron chi connectivity index (χ0n) is 10.4. The van der Waals surface area contributed by atoms with Crippen molar-refractivity contribution in [3.05, 3.63) is 35.4 Å². The summed E-state index contributed by atoms with van der Waals surface area (Å²) < 4.78 is 30.8. The topological polar surface area (TPSA) is 75.6 Å². The Labute approximate surface area is 113 Å². The van der Waals surface area contributed by atoms with Crippen molar-refractivity contribution >= 4 is 11.9 Å². The Morgan fingerprint density at radius 3 is 2.55 bits per heavy atom. The molecule has 2 rings (SSSR count). The van der Waals surface area contributed by atoms with Gasteiger partial charge in [-0.15, -0.1) is 0 Å². The lowest BCUT2D eigenvalue weighted by molar-refractivity contribution is -0.151. The molecular weight excluding hydrogens is 272 g/mol. The number of nitrogens with one attached hydrogen (secondary N) is 1. The quantitative estimate of drug-likeness (QED) is 0.872. The van der Waals surface area contributed by atoms with E-state index in [0.717, 1.165) is 12.1 Å². The first kappa shape index (κ1) is 14.4. The summed E-state index contributed by atoms with van der Waals surface area (Å²) in [4.78, 5) is 22.4. The van der Waals surface area contributed by atoms with Crippen LogP contribution in [0, 0.1) is 11.6 Å². The van der Waals surface area contributed by atoms with Crippen LogP contribution in [0.2, 0.25) is 0 Å². The first-order valence-electron chi connectivity index (χ1n) is 6.07. The van der Waals surface area contributed by atoms with Crippen molar-refractivity contribution in [2.45, 2.75) is 31.6 Å². The van der Waals surface area contributed by atoms with Gasteiger partial charge in [-0.05, 0) is 30.5 Å². The van der Waals surface area contributed by atoms with Gasteiger partial charge in [-0.25, -0.2) is 13.6 Å². The molecule has 1 aliphatic heterocycles. The van der Waals surface area contributed by atoms with Gasteiger partial charge in [0.25, 0.3) is 0 Å². The Bertz CT molecular complexity index is 535. The van der Waals surface area contributed by atoms with Crippen molar-refractivity contribution in [3.63, 3.8) is 0 Å². The summed E-state index contributed by atoms with van der Waals surface area (Å²) in [6, 6.07) is 3.32. The van der Waals surface area contributed by atoms with Gasteiger partial charge in [0.2, 0.25) is 5.91 Å². The summed E-state index contributed by atoms with van der Waals surface area (Å²) in [7, 11) is 0. The molecule has 1 aromatic carbocycles. The second-order valence-corrected chi connectivity index (χ2v) is 4.50. The fourth-order valence-corrected chi connectivity index (χ4v) is 1.96. The highest BCUT2D eigenvalue weighted by atomic mass is 19.2. The van der Waals surface area contributed by atoms with E-state index in [-0.39, 0.29) is 13.0 Å². The van der Waals surface area contributed by atoms with E-state index in [2.05, 4.69) is 5.32 Å².